The Morgan fingerprint density at radius 2 is 1.56 bits per heavy atom. The monoisotopic (exact) mass is 556 g/mol. The number of amides is 1. The first kappa shape index (κ1) is 27.5. The van der Waals surface area contributed by atoms with E-state index in [-0.39, 0.29) is 22.6 Å². The number of hydrogen-bond donors (Lipinski definition) is 6. The van der Waals surface area contributed by atoms with Gasteiger partial charge in [-0.3, -0.25) is 9.59 Å². The van der Waals surface area contributed by atoms with Crippen molar-refractivity contribution < 1.29 is 39.5 Å². The summed E-state index contributed by atoms with van der Waals surface area (Å²) in [5.74, 6) is -3.68. The summed E-state index contributed by atoms with van der Waals surface area (Å²) >= 11 is 0. The van der Waals surface area contributed by atoms with Crippen LogP contribution in [0.1, 0.15) is 49.5 Å². The van der Waals surface area contributed by atoms with Crippen molar-refractivity contribution in [3.63, 3.8) is 0 Å². The minimum absolute atomic E-state index is 0.0257. The Hall–Kier alpha value is -5.09. The molecule has 1 aliphatic heterocycles. The molecule has 0 radical (unpaired) electrons. The van der Waals surface area contributed by atoms with Crippen LogP contribution in [0.5, 0.6) is 23.0 Å². The van der Waals surface area contributed by atoms with Gasteiger partial charge in [-0.2, -0.15) is 0 Å². The molecule has 4 aromatic rings. The first-order valence-electron chi connectivity index (χ1n) is 13.1. The van der Waals surface area contributed by atoms with Gasteiger partial charge >= 0.3 is 5.97 Å². The number of rotatable bonds is 6. The van der Waals surface area contributed by atoms with Gasteiger partial charge in [0.15, 0.2) is 0 Å². The van der Waals surface area contributed by atoms with Gasteiger partial charge in [0, 0.05) is 17.5 Å². The Balaban J connectivity index is 1.35. The van der Waals surface area contributed by atoms with Gasteiger partial charge in [-0.1, -0.05) is 30.3 Å². The zero-order valence-electron chi connectivity index (χ0n) is 21.8. The zero-order chi connectivity index (χ0) is 29.1. The van der Waals surface area contributed by atoms with Gasteiger partial charge in [0.2, 0.25) is 5.78 Å². The molecule has 1 aliphatic rings. The zero-order valence-corrected chi connectivity index (χ0v) is 21.8. The SMILES string of the molecule is O=C(N[C@@H]1CNCCC[C@H]1OC(=O)c1cc(O)c(C(=O)c2ccc3ccccc3c2O)c(O)c1)c1ccc(O)cc1. The molecule has 1 fully saturated rings. The summed E-state index contributed by atoms with van der Waals surface area (Å²) in [6.45, 7) is 0.987. The topological polar surface area (TPSA) is 165 Å². The fourth-order valence-electron chi connectivity index (χ4n) is 4.91. The predicted molar refractivity (Wildman–Crippen MR) is 149 cm³/mol. The lowest BCUT2D eigenvalue weighted by Gasteiger charge is -2.26. The first-order chi connectivity index (χ1) is 19.7. The van der Waals surface area contributed by atoms with Crippen LogP contribution in [0, 0.1) is 0 Å². The molecular formula is C31H28N2O8. The lowest BCUT2D eigenvalue weighted by molar-refractivity contribution is 0.0191. The molecule has 6 N–H and O–H groups in total. The number of esters is 1. The Kier molecular flexibility index (Phi) is 7.75. The largest absolute Gasteiger partial charge is 0.508 e. The van der Waals surface area contributed by atoms with Gasteiger partial charge in [-0.05, 0) is 67.2 Å². The molecule has 0 unspecified atom stereocenters. The molecule has 0 spiro atoms. The van der Waals surface area contributed by atoms with E-state index in [0.29, 0.717) is 42.3 Å². The number of nitrogens with one attached hydrogen (secondary N) is 2. The smallest absolute Gasteiger partial charge is 0.338 e. The van der Waals surface area contributed by atoms with Crippen molar-refractivity contribution in [1.82, 2.24) is 10.6 Å². The molecule has 0 aromatic heterocycles. The number of carbonyl (C=O) groups excluding carboxylic acids is 3. The van der Waals surface area contributed by atoms with Crippen LogP contribution in [0.2, 0.25) is 0 Å². The molecule has 41 heavy (non-hydrogen) atoms. The average molecular weight is 557 g/mol. The fraction of sp³-hybridized carbons (Fsp3) is 0.194. The van der Waals surface area contributed by atoms with E-state index < -0.39 is 46.9 Å². The van der Waals surface area contributed by atoms with E-state index in [0.717, 1.165) is 12.1 Å². The number of aromatic hydroxyl groups is 4. The molecule has 10 heteroatoms. The number of benzene rings is 4. The lowest BCUT2D eigenvalue weighted by Crippen LogP contribution is -2.49. The maximum Gasteiger partial charge on any atom is 0.338 e. The molecule has 4 aromatic carbocycles. The average Bonchev–Trinajstić information content (AvgIpc) is 3.17. The standard InChI is InChI=1S/C31H28N2O8/c34-20-10-7-18(8-11-20)30(39)33-23-16-32-13-3-6-26(23)41-31(40)19-14-24(35)27(25(36)15-19)29(38)22-12-9-17-4-1-2-5-21(17)28(22)37/h1-2,4-5,7-12,14-15,23,26,32,34-37H,3,6,13,16H2,(H,33,39)/t23-,26-/m1/s1. The van der Waals surface area contributed by atoms with Crippen molar-refractivity contribution in [3.05, 3.63) is 95.1 Å². The highest BCUT2D eigenvalue weighted by Crippen LogP contribution is 2.36. The van der Waals surface area contributed by atoms with Gasteiger partial charge in [-0.25, -0.2) is 4.79 Å². The fourth-order valence-corrected chi connectivity index (χ4v) is 4.91. The summed E-state index contributed by atoms with van der Waals surface area (Å²) in [7, 11) is 0. The number of hydrogen-bond acceptors (Lipinski definition) is 9. The third kappa shape index (κ3) is 5.78. The van der Waals surface area contributed by atoms with Gasteiger partial charge in [0.1, 0.15) is 34.7 Å². The van der Waals surface area contributed by atoms with Crippen LogP contribution in [-0.4, -0.2) is 63.3 Å². The molecule has 1 saturated heterocycles. The Morgan fingerprint density at radius 3 is 2.29 bits per heavy atom. The second-order valence-corrected chi connectivity index (χ2v) is 9.82. The number of ketones is 1. The van der Waals surface area contributed by atoms with Crippen LogP contribution in [0.4, 0.5) is 0 Å². The second kappa shape index (κ2) is 11.6. The van der Waals surface area contributed by atoms with Gasteiger partial charge in [0.25, 0.3) is 5.91 Å². The van der Waals surface area contributed by atoms with E-state index in [4.69, 9.17) is 4.74 Å². The van der Waals surface area contributed by atoms with Crippen molar-refractivity contribution in [2.45, 2.75) is 25.0 Å². The summed E-state index contributed by atoms with van der Waals surface area (Å²) in [4.78, 5) is 39.1. The molecule has 0 saturated carbocycles. The molecule has 10 nitrogen and oxygen atoms in total. The van der Waals surface area contributed by atoms with Crippen molar-refractivity contribution in [2.75, 3.05) is 13.1 Å². The van der Waals surface area contributed by atoms with E-state index in [1.165, 1.54) is 30.3 Å². The van der Waals surface area contributed by atoms with Crippen molar-refractivity contribution >= 4 is 28.4 Å². The predicted octanol–water partition coefficient (Wildman–Crippen LogP) is 3.60. The summed E-state index contributed by atoms with van der Waals surface area (Å²) < 4.78 is 5.71. The normalized spacial score (nSPS) is 17.0. The van der Waals surface area contributed by atoms with Crippen LogP contribution < -0.4 is 10.6 Å². The number of ether oxygens (including phenoxy) is 1. The third-order valence-corrected chi connectivity index (χ3v) is 7.06. The quantitative estimate of drug-likeness (QED) is 0.154. The van der Waals surface area contributed by atoms with Gasteiger partial charge < -0.3 is 35.8 Å². The number of phenols is 4. The molecule has 2 atom stereocenters. The summed E-state index contributed by atoms with van der Waals surface area (Å²) in [5.41, 5.74) is -0.461. The van der Waals surface area contributed by atoms with Crippen molar-refractivity contribution in [1.29, 1.82) is 0 Å². The molecular weight excluding hydrogens is 528 g/mol. The summed E-state index contributed by atoms with van der Waals surface area (Å²) in [6.07, 6.45) is 0.385. The molecule has 1 amide bonds. The minimum atomic E-state index is -0.862. The number of phenolic OH excluding ortho intramolecular Hbond substituents is 4. The van der Waals surface area contributed by atoms with E-state index in [1.54, 1.807) is 30.3 Å². The summed E-state index contributed by atoms with van der Waals surface area (Å²) in [6, 6.07) is 17.1. The van der Waals surface area contributed by atoms with Gasteiger partial charge in [0.05, 0.1) is 17.2 Å². The first-order valence-corrected chi connectivity index (χ1v) is 13.1. The Morgan fingerprint density at radius 1 is 0.854 bits per heavy atom. The van der Waals surface area contributed by atoms with Crippen LogP contribution in [0.25, 0.3) is 10.8 Å². The molecule has 5 rings (SSSR count). The molecule has 0 bridgehead atoms. The van der Waals surface area contributed by atoms with E-state index in [9.17, 15) is 34.8 Å². The Labute approximate surface area is 234 Å². The maximum absolute atomic E-state index is 13.2. The second-order valence-electron chi connectivity index (χ2n) is 9.82. The number of fused-ring (bicyclic) bond motifs is 1. The highest BCUT2D eigenvalue weighted by molar-refractivity contribution is 6.16. The van der Waals surface area contributed by atoms with Crippen LogP contribution in [0.3, 0.4) is 0 Å². The highest BCUT2D eigenvalue weighted by Gasteiger charge is 2.30. The van der Waals surface area contributed by atoms with E-state index in [2.05, 4.69) is 10.6 Å². The van der Waals surface area contributed by atoms with Crippen molar-refractivity contribution in [3.8, 4) is 23.0 Å². The maximum atomic E-state index is 13.2. The van der Waals surface area contributed by atoms with Crippen molar-refractivity contribution in [2.24, 2.45) is 0 Å². The van der Waals surface area contributed by atoms with Crippen LogP contribution in [-0.2, 0) is 4.74 Å². The van der Waals surface area contributed by atoms with E-state index in [1.807, 2.05) is 0 Å². The Bertz CT molecular complexity index is 1610. The molecule has 1 heterocycles. The summed E-state index contributed by atoms with van der Waals surface area (Å²) in [5, 5.41) is 48.7. The number of carbonyl (C=O) groups is 3. The third-order valence-electron chi connectivity index (χ3n) is 7.06. The lowest BCUT2D eigenvalue weighted by atomic mass is 9.96. The highest BCUT2D eigenvalue weighted by atomic mass is 16.5. The van der Waals surface area contributed by atoms with Gasteiger partial charge in [-0.15, -0.1) is 0 Å². The minimum Gasteiger partial charge on any atom is -0.508 e. The van der Waals surface area contributed by atoms with Crippen LogP contribution in [0.15, 0.2) is 72.8 Å². The molecule has 0 aliphatic carbocycles. The van der Waals surface area contributed by atoms with Crippen LogP contribution >= 0.6 is 0 Å². The van der Waals surface area contributed by atoms with E-state index >= 15 is 0 Å². The molecule has 210 valence electrons.